The minimum atomic E-state index is -0.0855. The molecule has 24 heavy (non-hydrogen) atoms. The number of carbonyl (C=O) groups excluding carboxylic acids is 1. The van der Waals surface area contributed by atoms with E-state index in [1.54, 1.807) is 6.20 Å². The van der Waals surface area contributed by atoms with Crippen LogP contribution in [0, 0.1) is 0 Å². The van der Waals surface area contributed by atoms with E-state index in [2.05, 4.69) is 17.2 Å². The maximum Gasteiger partial charge on any atom is 0.258 e. The van der Waals surface area contributed by atoms with E-state index in [0.717, 1.165) is 12.1 Å². The summed E-state index contributed by atoms with van der Waals surface area (Å²) in [5, 5.41) is 4.73. The van der Waals surface area contributed by atoms with Crippen LogP contribution in [0.15, 0.2) is 46.7 Å². The Balaban J connectivity index is 1.55. The molecule has 0 spiro atoms. The lowest BCUT2D eigenvalue weighted by molar-refractivity contribution is -0.113. The van der Waals surface area contributed by atoms with Gasteiger partial charge in [-0.05, 0) is 24.1 Å². The van der Waals surface area contributed by atoms with Crippen molar-refractivity contribution in [3.8, 4) is 0 Å². The first-order valence-corrected chi connectivity index (χ1v) is 9.61. The van der Waals surface area contributed by atoms with Crippen LogP contribution in [0.25, 0.3) is 4.96 Å². The van der Waals surface area contributed by atoms with Crippen LogP contribution in [0.5, 0.6) is 0 Å². The third-order valence-electron chi connectivity index (χ3n) is 3.46. The van der Waals surface area contributed by atoms with Crippen molar-refractivity contribution in [1.29, 1.82) is 0 Å². The summed E-state index contributed by atoms with van der Waals surface area (Å²) < 4.78 is 1.52. The molecule has 1 amide bonds. The molecule has 0 fully saturated rings. The van der Waals surface area contributed by atoms with Gasteiger partial charge < -0.3 is 5.32 Å². The first-order valence-electron chi connectivity index (χ1n) is 7.58. The Labute approximate surface area is 147 Å². The Morgan fingerprint density at radius 3 is 3.08 bits per heavy atom. The summed E-state index contributed by atoms with van der Waals surface area (Å²) >= 11 is 2.87. The van der Waals surface area contributed by atoms with Crippen molar-refractivity contribution in [2.24, 2.45) is 0 Å². The number of rotatable bonds is 6. The van der Waals surface area contributed by atoms with E-state index in [1.807, 2.05) is 29.6 Å². The van der Waals surface area contributed by atoms with Crippen LogP contribution in [0.1, 0.15) is 18.2 Å². The molecule has 0 aliphatic carbocycles. The number of nitrogens with one attached hydrogen (secondary N) is 1. The predicted molar refractivity (Wildman–Crippen MR) is 100.0 cm³/mol. The van der Waals surface area contributed by atoms with Crippen molar-refractivity contribution >= 4 is 39.7 Å². The van der Waals surface area contributed by atoms with Gasteiger partial charge in [0.2, 0.25) is 5.91 Å². The van der Waals surface area contributed by atoms with E-state index >= 15 is 0 Å². The largest absolute Gasteiger partial charge is 0.325 e. The molecule has 1 N–H and O–H groups in total. The zero-order valence-electron chi connectivity index (χ0n) is 13.2. The van der Waals surface area contributed by atoms with Crippen molar-refractivity contribution in [2.75, 3.05) is 11.1 Å². The van der Waals surface area contributed by atoms with E-state index in [0.29, 0.717) is 22.2 Å². The number of thioether (sulfide) groups is 1. The molecule has 3 aromatic rings. The lowest BCUT2D eigenvalue weighted by atomic mass is 10.1. The highest BCUT2D eigenvalue weighted by molar-refractivity contribution is 7.99. The highest BCUT2D eigenvalue weighted by Crippen LogP contribution is 2.14. The minimum Gasteiger partial charge on any atom is -0.325 e. The molecular weight excluding hydrogens is 342 g/mol. The fraction of sp³-hybridized carbons (Fsp3) is 0.235. The van der Waals surface area contributed by atoms with E-state index < -0.39 is 0 Å². The van der Waals surface area contributed by atoms with Crippen LogP contribution in [-0.2, 0) is 17.0 Å². The number of benzene rings is 1. The van der Waals surface area contributed by atoms with E-state index in [9.17, 15) is 9.59 Å². The second-order valence-corrected chi connectivity index (χ2v) is 7.09. The molecule has 2 heterocycles. The van der Waals surface area contributed by atoms with Crippen molar-refractivity contribution in [1.82, 2.24) is 9.38 Å². The molecule has 0 aliphatic heterocycles. The first-order chi connectivity index (χ1) is 11.7. The topological polar surface area (TPSA) is 63.5 Å². The highest BCUT2D eigenvalue weighted by Gasteiger charge is 2.06. The molecule has 1 aromatic carbocycles. The highest BCUT2D eigenvalue weighted by atomic mass is 32.2. The Hall–Kier alpha value is -2.12. The molecule has 3 rings (SSSR count). The van der Waals surface area contributed by atoms with Gasteiger partial charge in [0.1, 0.15) is 0 Å². The molecule has 0 radical (unpaired) electrons. The summed E-state index contributed by atoms with van der Waals surface area (Å²) in [7, 11) is 0. The molecule has 0 bridgehead atoms. The number of aryl methyl sites for hydroxylation is 1. The van der Waals surface area contributed by atoms with Crippen LogP contribution in [0.3, 0.4) is 0 Å². The smallest absolute Gasteiger partial charge is 0.258 e. The zero-order chi connectivity index (χ0) is 16.9. The summed E-state index contributed by atoms with van der Waals surface area (Å²) in [5.74, 6) is 0.802. The summed E-state index contributed by atoms with van der Waals surface area (Å²) in [5.41, 5.74) is 2.62. The molecule has 0 saturated heterocycles. The van der Waals surface area contributed by atoms with Crippen LogP contribution in [0.2, 0.25) is 0 Å². The Morgan fingerprint density at radius 2 is 2.25 bits per heavy atom. The average Bonchev–Trinajstić information content (AvgIpc) is 3.04. The van der Waals surface area contributed by atoms with E-state index in [4.69, 9.17) is 0 Å². The maximum absolute atomic E-state index is 12.0. The van der Waals surface area contributed by atoms with Crippen molar-refractivity contribution in [3.63, 3.8) is 0 Å². The van der Waals surface area contributed by atoms with Crippen molar-refractivity contribution in [3.05, 3.63) is 63.5 Å². The van der Waals surface area contributed by atoms with Crippen LogP contribution in [-0.4, -0.2) is 21.0 Å². The molecule has 0 atom stereocenters. The van der Waals surface area contributed by atoms with Gasteiger partial charge in [0.15, 0.2) is 4.96 Å². The number of nitrogens with zero attached hydrogens (tertiary/aromatic N) is 2. The lowest BCUT2D eigenvalue weighted by Gasteiger charge is -2.06. The van der Waals surface area contributed by atoms with Gasteiger partial charge in [-0.1, -0.05) is 19.1 Å². The standard InChI is InChI=1S/C17H17N3O2S2/c1-2-12-4-3-5-13(8-12)18-15(21)11-23-10-14-9-16(22)20-6-7-24-17(20)19-14/h3-9H,2,10-11H2,1H3,(H,18,21). The lowest BCUT2D eigenvalue weighted by Crippen LogP contribution is -2.15. The molecule has 0 aliphatic rings. The quantitative estimate of drug-likeness (QED) is 0.734. The molecule has 7 heteroatoms. The monoisotopic (exact) mass is 359 g/mol. The maximum atomic E-state index is 12.0. The van der Waals surface area contributed by atoms with Crippen LogP contribution in [0.4, 0.5) is 5.69 Å². The third kappa shape index (κ3) is 4.04. The first kappa shape index (κ1) is 16.7. The molecule has 124 valence electrons. The predicted octanol–water partition coefficient (Wildman–Crippen LogP) is 3.19. The van der Waals surface area contributed by atoms with Crippen LogP contribution < -0.4 is 10.9 Å². The summed E-state index contributed by atoms with van der Waals surface area (Å²) in [6.45, 7) is 2.08. The molecule has 0 unspecified atom stereocenters. The van der Waals surface area contributed by atoms with Gasteiger partial charge >= 0.3 is 0 Å². The average molecular weight is 359 g/mol. The molecular formula is C17H17N3O2S2. The summed E-state index contributed by atoms with van der Waals surface area (Å²) in [6.07, 6.45) is 2.65. The van der Waals surface area contributed by atoms with Gasteiger partial charge in [0, 0.05) is 29.1 Å². The molecule has 0 saturated carbocycles. The van der Waals surface area contributed by atoms with Gasteiger partial charge in [-0.15, -0.1) is 23.1 Å². The number of thiazole rings is 1. The zero-order valence-corrected chi connectivity index (χ0v) is 14.8. The van der Waals surface area contributed by atoms with Gasteiger partial charge in [-0.2, -0.15) is 0 Å². The van der Waals surface area contributed by atoms with E-state index in [1.165, 1.54) is 39.1 Å². The Kier molecular flexibility index (Phi) is 5.32. The Morgan fingerprint density at radius 1 is 1.38 bits per heavy atom. The Bertz CT molecular complexity index is 917. The normalized spacial score (nSPS) is 10.9. The van der Waals surface area contributed by atoms with Gasteiger partial charge in [0.25, 0.3) is 5.56 Å². The van der Waals surface area contributed by atoms with Gasteiger partial charge in [-0.25, -0.2) is 4.98 Å². The number of carbonyl (C=O) groups is 1. The van der Waals surface area contributed by atoms with Gasteiger partial charge in [0.05, 0.1) is 11.4 Å². The second-order valence-electron chi connectivity index (χ2n) is 5.24. The number of hydrogen-bond acceptors (Lipinski definition) is 5. The third-order valence-corrected chi connectivity index (χ3v) is 5.18. The molecule has 2 aromatic heterocycles. The van der Waals surface area contributed by atoms with Crippen molar-refractivity contribution in [2.45, 2.75) is 19.1 Å². The number of amides is 1. The summed E-state index contributed by atoms with van der Waals surface area (Å²) in [4.78, 5) is 29.0. The SMILES string of the molecule is CCc1cccc(NC(=O)CSCc2cc(=O)n3ccsc3n2)c1. The second kappa shape index (κ2) is 7.63. The van der Waals surface area contributed by atoms with Crippen molar-refractivity contribution < 1.29 is 4.79 Å². The number of hydrogen-bond donors (Lipinski definition) is 1. The van der Waals surface area contributed by atoms with E-state index in [-0.39, 0.29) is 11.5 Å². The fourth-order valence-corrected chi connectivity index (χ4v) is 3.73. The fourth-order valence-electron chi connectivity index (χ4n) is 2.28. The number of anilines is 1. The summed E-state index contributed by atoms with van der Waals surface area (Å²) in [6, 6.07) is 9.37. The minimum absolute atomic E-state index is 0.0535. The number of aromatic nitrogens is 2. The van der Waals surface area contributed by atoms with Gasteiger partial charge in [-0.3, -0.25) is 14.0 Å². The molecule has 5 nitrogen and oxygen atoms in total. The van der Waals surface area contributed by atoms with Crippen LogP contribution >= 0.6 is 23.1 Å². The number of fused-ring (bicyclic) bond motifs is 1.